The maximum absolute atomic E-state index is 12.5. The highest BCUT2D eigenvalue weighted by Gasteiger charge is 2.26. The molecule has 0 atom stereocenters. The van der Waals surface area contributed by atoms with Gasteiger partial charge in [-0.3, -0.25) is 4.79 Å². The summed E-state index contributed by atoms with van der Waals surface area (Å²) >= 11 is 0. The van der Waals surface area contributed by atoms with Crippen LogP contribution in [0.4, 0.5) is 0 Å². The minimum Gasteiger partial charge on any atom is -0.352 e. The van der Waals surface area contributed by atoms with E-state index in [0.29, 0.717) is 18.7 Å². The van der Waals surface area contributed by atoms with Crippen molar-refractivity contribution in [2.75, 3.05) is 13.1 Å². The zero-order valence-corrected chi connectivity index (χ0v) is 14.4. The fourth-order valence-corrected chi connectivity index (χ4v) is 2.32. The maximum atomic E-state index is 12.5. The predicted molar refractivity (Wildman–Crippen MR) is 93.0 cm³/mol. The van der Waals surface area contributed by atoms with Gasteiger partial charge in [-0.2, -0.15) is 5.10 Å². The Hall–Kier alpha value is -2.14. The van der Waals surface area contributed by atoms with Crippen LogP contribution in [0.2, 0.25) is 0 Å². The molecular formula is C18H26N4O. The van der Waals surface area contributed by atoms with Crippen molar-refractivity contribution in [2.24, 2.45) is 5.73 Å². The number of carbonyl (C=O) groups is 1. The molecule has 0 saturated heterocycles. The van der Waals surface area contributed by atoms with E-state index in [4.69, 9.17) is 5.73 Å². The molecule has 1 aromatic carbocycles. The number of benzene rings is 1. The molecule has 1 amide bonds. The van der Waals surface area contributed by atoms with Crippen molar-refractivity contribution >= 4 is 5.91 Å². The van der Waals surface area contributed by atoms with Gasteiger partial charge in [-0.25, -0.2) is 4.68 Å². The van der Waals surface area contributed by atoms with E-state index in [1.165, 1.54) is 5.56 Å². The molecule has 1 aromatic heterocycles. The van der Waals surface area contributed by atoms with Crippen LogP contribution in [-0.2, 0) is 5.41 Å². The van der Waals surface area contributed by atoms with Gasteiger partial charge in [-0.15, -0.1) is 0 Å². The molecule has 124 valence electrons. The van der Waals surface area contributed by atoms with Crippen LogP contribution < -0.4 is 11.1 Å². The Labute approximate surface area is 137 Å². The molecule has 23 heavy (non-hydrogen) atoms. The largest absolute Gasteiger partial charge is 0.352 e. The van der Waals surface area contributed by atoms with E-state index in [2.05, 4.69) is 31.2 Å². The summed E-state index contributed by atoms with van der Waals surface area (Å²) in [6, 6.07) is 8.08. The van der Waals surface area contributed by atoms with Crippen molar-refractivity contribution in [1.29, 1.82) is 0 Å². The monoisotopic (exact) mass is 314 g/mol. The maximum Gasteiger partial charge on any atom is 0.254 e. The smallest absolute Gasteiger partial charge is 0.254 e. The Morgan fingerprint density at radius 2 is 1.91 bits per heavy atom. The van der Waals surface area contributed by atoms with E-state index in [-0.39, 0.29) is 11.3 Å². The molecule has 0 aliphatic carbocycles. The molecule has 1 heterocycles. The summed E-state index contributed by atoms with van der Waals surface area (Å²) < 4.78 is 1.78. The van der Waals surface area contributed by atoms with E-state index in [0.717, 1.165) is 17.8 Å². The molecule has 0 saturated carbocycles. The minimum absolute atomic E-state index is 0.0956. The van der Waals surface area contributed by atoms with Crippen LogP contribution in [0, 0.1) is 6.92 Å². The number of nitrogens with one attached hydrogen (secondary N) is 1. The zero-order chi connectivity index (χ0) is 17.0. The predicted octanol–water partition coefficient (Wildman–Crippen LogP) is 2.56. The summed E-state index contributed by atoms with van der Waals surface area (Å²) in [5.41, 5.74) is 8.82. The Bertz CT molecular complexity index is 665. The van der Waals surface area contributed by atoms with Crippen LogP contribution in [0.3, 0.4) is 0 Å². The average molecular weight is 314 g/mol. The number of aromatic nitrogens is 2. The molecular weight excluding hydrogens is 288 g/mol. The van der Waals surface area contributed by atoms with Gasteiger partial charge in [0.1, 0.15) is 0 Å². The first-order valence-corrected chi connectivity index (χ1v) is 7.98. The molecule has 0 aliphatic rings. The molecule has 2 rings (SSSR count). The van der Waals surface area contributed by atoms with Crippen LogP contribution >= 0.6 is 0 Å². The molecule has 3 N–H and O–H groups in total. The van der Waals surface area contributed by atoms with Crippen LogP contribution in [0.15, 0.2) is 30.5 Å². The second-order valence-electron chi connectivity index (χ2n) is 6.82. The first-order valence-electron chi connectivity index (χ1n) is 7.98. The number of nitrogens with zero attached hydrogens (tertiary/aromatic N) is 2. The summed E-state index contributed by atoms with van der Waals surface area (Å²) in [6.45, 7) is 9.37. The van der Waals surface area contributed by atoms with Crippen molar-refractivity contribution in [1.82, 2.24) is 15.1 Å². The third-order valence-electron chi connectivity index (χ3n) is 3.63. The molecule has 5 nitrogen and oxygen atoms in total. The first kappa shape index (κ1) is 17.2. The fourth-order valence-electron chi connectivity index (χ4n) is 2.32. The van der Waals surface area contributed by atoms with Crippen LogP contribution in [0.5, 0.6) is 0 Å². The quantitative estimate of drug-likeness (QED) is 0.833. The first-order chi connectivity index (χ1) is 10.8. The van der Waals surface area contributed by atoms with E-state index < -0.39 is 0 Å². The zero-order valence-electron chi connectivity index (χ0n) is 14.4. The Balaban J connectivity index is 2.36. The van der Waals surface area contributed by atoms with Gasteiger partial charge in [0.2, 0.25) is 0 Å². The van der Waals surface area contributed by atoms with Gasteiger partial charge >= 0.3 is 0 Å². The molecule has 0 unspecified atom stereocenters. The van der Waals surface area contributed by atoms with Gasteiger partial charge in [0.15, 0.2) is 0 Å². The highest BCUT2D eigenvalue weighted by Crippen LogP contribution is 2.25. The van der Waals surface area contributed by atoms with Crippen LogP contribution in [0.1, 0.15) is 48.8 Å². The summed E-state index contributed by atoms with van der Waals surface area (Å²) in [5, 5.41) is 7.58. The lowest BCUT2D eigenvalue weighted by Gasteiger charge is -2.17. The summed E-state index contributed by atoms with van der Waals surface area (Å²) in [7, 11) is 0. The number of aryl methyl sites for hydroxylation is 1. The minimum atomic E-state index is -0.212. The molecule has 0 fully saturated rings. The lowest BCUT2D eigenvalue weighted by molar-refractivity contribution is 0.0951. The Morgan fingerprint density at radius 1 is 1.26 bits per heavy atom. The lowest BCUT2D eigenvalue weighted by atomic mass is 9.89. The Kier molecular flexibility index (Phi) is 5.21. The second kappa shape index (κ2) is 6.96. The van der Waals surface area contributed by atoms with E-state index in [9.17, 15) is 4.79 Å². The average Bonchev–Trinajstić information content (AvgIpc) is 2.93. The molecule has 0 radical (unpaired) electrons. The fraction of sp³-hybridized carbons (Fsp3) is 0.444. The van der Waals surface area contributed by atoms with E-state index in [1.54, 1.807) is 4.68 Å². The van der Waals surface area contributed by atoms with Gasteiger partial charge in [0.25, 0.3) is 5.91 Å². The van der Waals surface area contributed by atoms with Crippen molar-refractivity contribution in [3.63, 3.8) is 0 Å². The van der Waals surface area contributed by atoms with Crippen molar-refractivity contribution in [3.05, 3.63) is 47.3 Å². The number of amides is 1. The summed E-state index contributed by atoms with van der Waals surface area (Å²) in [6.07, 6.45) is 2.58. The number of rotatable bonds is 5. The van der Waals surface area contributed by atoms with E-state index in [1.807, 2.05) is 37.4 Å². The van der Waals surface area contributed by atoms with Crippen molar-refractivity contribution in [3.8, 4) is 5.69 Å². The van der Waals surface area contributed by atoms with Gasteiger partial charge in [0.05, 0.1) is 16.9 Å². The number of carbonyl (C=O) groups excluding carboxylic acids is 1. The Morgan fingerprint density at radius 3 is 2.48 bits per heavy atom. The SMILES string of the molecule is Cc1ccc(-n2cc(C(=O)NCCCN)c(C(C)(C)C)n2)cc1. The van der Waals surface area contributed by atoms with Gasteiger partial charge in [-0.05, 0) is 32.0 Å². The lowest BCUT2D eigenvalue weighted by Crippen LogP contribution is -2.28. The highest BCUT2D eigenvalue weighted by atomic mass is 16.1. The molecule has 0 aliphatic heterocycles. The van der Waals surface area contributed by atoms with Crippen molar-refractivity contribution < 1.29 is 4.79 Å². The third kappa shape index (κ3) is 4.20. The van der Waals surface area contributed by atoms with Gasteiger partial charge in [0, 0.05) is 18.2 Å². The molecule has 0 bridgehead atoms. The number of nitrogens with two attached hydrogens (primary N) is 1. The molecule has 0 spiro atoms. The highest BCUT2D eigenvalue weighted by molar-refractivity contribution is 5.95. The van der Waals surface area contributed by atoms with Crippen molar-refractivity contribution in [2.45, 2.75) is 39.5 Å². The van der Waals surface area contributed by atoms with Crippen LogP contribution in [0.25, 0.3) is 5.69 Å². The van der Waals surface area contributed by atoms with Gasteiger partial charge < -0.3 is 11.1 Å². The number of hydrogen-bond donors (Lipinski definition) is 2. The van der Waals surface area contributed by atoms with Gasteiger partial charge in [-0.1, -0.05) is 38.5 Å². The third-order valence-corrected chi connectivity index (χ3v) is 3.63. The molecule has 5 heteroatoms. The second-order valence-corrected chi connectivity index (χ2v) is 6.82. The molecule has 2 aromatic rings. The summed E-state index contributed by atoms with van der Waals surface area (Å²) in [5.74, 6) is -0.0956. The van der Waals surface area contributed by atoms with E-state index >= 15 is 0 Å². The van der Waals surface area contributed by atoms with Crippen LogP contribution in [-0.4, -0.2) is 28.8 Å². The summed E-state index contributed by atoms with van der Waals surface area (Å²) in [4.78, 5) is 12.5. The normalized spacial score (nSPS) is 11.5. The number of hydrogen-bond acceptors (Lipinski definition) is 3. The topological polar surface area (TPSA) is 72.9 Å². The standard InChI is InChI=1S/C18H26N4O/c1-13-6-8-14(9-7-13)22-12-15(16(21-22)18(2,3)4)17(23)20-11-5-10-19/h6-9,12H,5,10-11,19H2,1-4H3,(H,20,23).